The highest BCUT2D eigenvalue weighted by Gasteiger charge is 2.14. The van der Waals surface area contributed by atoms with Crippen LogP contribution in [-0.4, -0.2) is 5.78 Å². The summed E-state index contributed by atoms with van der Waals surface area (Å²) in [6.07, 6.45) is 5.90. The summed E-state index contributed by atoms with van der Waals surface area (Å²) in [4.78, 5) is 14.9. The van der Waals surface area contributed by atoms with Crippen LogP contribution in [0.4, 0.5) is 0 Å². The quantitative estimate of drug-likeness (QED) is 0.380. The average Bonchev–Trinajstić information content (AvgIpc) is 2.59. The van der Waals surface area contributed by atoms with Crippen LogP contribution < -0.4 is 0 Å². The third-order valence-electron chi connectivity index (χ3n) is 4.06. The second-order valence-electron chi connectivity index (χ2n) is 6.05. The Morgan fingerprint density at radius 2 is 1.57 bits per heavy atom. The number of hydrogen-bond acceptors (Lipinski definition) is 2. The van der Waals surface area contributed by atoms with E-state index in [0.29, 0.717) is 0 Å². The summed E-state index contributed by atoms with van der Waals surface area (Å²) in [6, 6.07) is 18.3. The first-order chi connectivity index (χ1) is 11.2. The Bertz CT molecular complexity index is 589. The topological polar surface area (TPSA) is 17.1 Å². The molecule has 0 bridgehead atoms. The number of carbonyl (C=O) groups excluding carboxylic acids is 1. The Hall–Kier alpha value is -1.54. The minimum Gasteiger partial charge on any atom is -0.294 e. The van der Waals surface area contributed by atoms with Gasteiger partial charge in [-0.1, -0.05) is 81.6 Å². The van der Waals surface area contributed by atoms with Crippen LogP contribution in [0.3, 0.4) is 0 Å². The summed E-state index contributed by atoms with van der Waals surface area (Å²) in [5.41, 5.74) is 0.838. The van der Waals surface area contributed by atoms with Gasteiger partial charge in [0.2, 0.25) is 0 Å². The van der Waals surface area contributed by atoms with E-state index in [1.807, 2.05) is 30.3 Å². The summed E-state index contributed by atoms with van der Waals surface area (Å²) < 4.78 is 0. The van der Waals surface area contributed by atoms with Crippen LogP contribution in [0.2, 0.25) is 0 Å². The van der Waals surface area contributed by atoms with Gasteiger partial charge in [-0.2, -0.15) is 0 Å². The maximum atomic E-state index is 12.5. The van der Waals surface area contributed by atoms with Crippen LogP contribution in [0.25, 0.3) is 0 Å². The van der Waals surface area contributed by atoms with Crippen LogP contribution in [0, 0.1) is 5.92 Å². The summed E-state index contributed by atoms with van der Waals surface area (Å²) in [6.45, 7) is 4.27. The van der Waals surface area contributed by atoms with Crippen molar-refractivity contribution in [3.8, 4) is 0 Å². The van der Waals surface area contributed by atoms with Crippen molar-refractivity contribution in [1.82, 2.24) is 0 Å². The third kappa shape index (κ3) is 5.87. The van der Waals surface area contributed by atoms with Gasteiger partial charge in [-0.15, -0.1) is 0 Å². The fourth-order valence-corrected chi connectivity index (χ4v) is 3.44. The molecule has 23 heavy (non-hydrogen) atoms. The molecule has 0 N–H and O–H groups in total. The molecule has 0 saturated heterocycles. The lowest BCUT2D eigenvalue weighted by molar-refractivity contribution is 0.0922. The molecule has 0 radical (unpaired) electrons. The molecule has 122 valence electrons. The number of rotatable bonds is 9. The van der Waals surface area contributed by atoms with Crippen LogP contribution in [0.5, 0.6) is 0 Å². The maximum absolute atomic E-state index is 12.5. The number of Topliss-reactive ketones (excluding diaryl/α,β-unsaturated/α-hetero) is 1. The summed E-state index contributed by atoms with van der Waals surface area (Å²) in [5, 5.41) is 0. The van der Waals surface area contributed by atoms with Crippen LogP contribution >= 0.6 is 11.8 Å². The second-order valence-corrected chi connectivity index (χ2v) is 7.20. The van der Waals surface area contributed by atoms with Crippen molar-refractivity contribution in [2.45, 2.75) is 55.7 Å². The van der Waals surface area contributed by atoms with Gasteiger partial charge in [-0.3, -0.25) is 4.79 Å². The molecule has 0 aliphatic heterocycles. The predicted octanol–water partition coefficient (Wildman–Crippen LogP) is 6.63. The molecular weight excluding hydrogens is 300 g/mol. The molecule has 1 atom stereocenters. The van der Waals surface area contributed by atoms with E-state index in [9.17, 15) is 4.79 Å². The first kappa shape index (κ1) is 17.8. The van der Waals surface area contributed by atoms with Crippen molar-refractivity contribution in [2.75, 3.05) is 0 Å². The van der Waals surface area contributed by atoms with Crippen molar-refractivity contribution in [1.29, 1.82) is 0 Å². The van der Waals surface area contributed by atoms with Gasteiger partial charge in [0, 0.05) is 21.3 Å². The summed E-state index contributed by atoms with van der Waals surface area (Å²) in [7, 11) is 0. The molecule has 0 aromatic heterocycles. The lowest BCUT2D eigenvalue weighted by atomic mass is 9.94. The number of carbonyl (C=O) groups is 1. The minimum atomic E-state index is 0.125. The van der Waals surface area contributed by atoms with Crippen LogP contribution in [-0.2, 0) is 0 Å². The highest BCUT2D eigenvalue weighted by Crippen LogP contribution is 2.28. The molecule has 1 nitrogen and oxygen atoms in total. The summed E-state index contributed by atoms with van der Waals surface area (Å²) >= 11 is 1.72. The Labute approximate surface area is 144 Å². The molecule has 2 aromatic rings. The van der Waals surface area contributed by atoms with Gasteiger partial charge >= 0.3 is 0 Å². The molecular formula is C21H26OS. The van der Waals surface area contributed by atoms with E-state index in [1.54, 1.807) is 11.8 Å². The maximum Gasteiger partial charge on any atom is 0.165 e. The van der Waals surface area contributed by atoms with E-state index in [0.717, 1.165) is 18.4 Å². The fourth-order valence-electron chi connectivity index (χ4n) is 2.60. The molecule has 0 fully saturated rings. The Kier molecular flexibility index (Phi) is 7.41. The predicted molar refractivity (Wildman–Crippen MR) is 99.3 cm³/mol. The second kappa shape index (κ2) is 9.57. The van der Waals surface area contributed by atoms with Gasteiger partial charge in [0.1, 0.15) is 0 Å². The van der Waals surface area contributed by atoms with Crippen molar-refractivity contribution < 1.29 is 4.79 Å². The smallest absolute Gasteiger partial charge is 0.165 e. The summed E-state index contributed by atoms with van der Waals surface area (Å²) in [5.74, 6) is 0.400. The van der Waals surface area contributed by atoms with Gasteiger partial charge in [0.25, 0.3) is 0 Å². The monoisotopic (exact) mass is 326 g/mol. The molecule has 2 aromatic carbocycles. The van der Waals surface area contributed by atoms with Gasteiger partial charge < -0.3 is 0 Å². The largest absolute Gasteiger partial charge is 0.294 e. The molecule has 0 aliphatic rings. The number of hydrogen-bond donors (Lipinski definition) is 0. The normalized spacial score (nSPS) is 12.1. The van der Waals surface area contributed by atoms with Gasteiger partial charge in [-0.25, -0.2) is 0 Å². The zero-order valence-electron chi connectivity index (χ0n) is 14.1. The standard InChI is InChI=1S/C21H26OS/c1-3-4-5-7-10-17(2)21(22)18-13-15-20(16-14-18)23-19-11-8-6-9-12-19/h6,8-9,11-17H,3-5,7,10H2,1-2H3. The van der Waals surface area contributed by atoms with Gasteiger partial charge in [0.05, 0.1) is 0 Å². The third-order valence-corrected chi connectivity index (χ3v) is 5.07. The molecule has 0 spiro atoms. The first-order valence-electron chi connectivity index (χ1n) is 8.58. The van der Waals surface area contributed by atoms with Crippen molar-refractivity contribution in [2.24, 2.45) is 5.92 Å². The number of ketones is 1. The lowest BCUT2D eigenvalue weighted by Gasteiger charge is -2.11. The molecule has 1 unspecified atom stereocenters. The SMILES string of the molecule is CCCCCCC(C)C(=O)c1ccc(Sc2ccccc2)cc1. The van der Waals surface area contributed by atoms with Gasteiger partial charge in [0.15, 0.2) is 5.78 Å². The van der Waals surface area contributed by atoms with E-state index in [2.05, 4.69) is 38.1 Å². The molecule has 0 amide bonds. The van der Waals surface area contributed by atoms with E-state index in [-0.39, 0.29) is 11.7 Å². The van der Waals surface area contributed by atoms with E-state index < -0.39 is 0 Å². The van der Waals surface area contributed by atoms with Crippen molar-refractivity contribution in [3.63, 3.8) is 0 Å². The van der Waals surface area contributed by atoms with E-state index in [4.69, 9.17) is 0 Å². The zero-order chi connectivity index (χ0) is 16.5. The van der Waals surface area contributed by atoms with E-state index >= 15 is 0 Å². The van der Waals surface area contributed by atoms with Crippen molar-refractivity contribution >= 4 is 17.5 Å². The Balaban J connectivity index is 1.89. The molecule has 0 heterocycles. The number of benzene rings is 2. The highest BCUT2D eigenvalue weighted by molar-refractivity contribution is 7.99. The lowest BCUT2D eigenvalue weighted by Crippen LogP contribution is -2.11. The fraction of sp³-hybridized carbons (Fsp3) is 0.381. The average molecular weight is 327 g/mol. The van der Waals surface area contributed by atoms with E-state index in [1.165, 1.54) is 29.1 Å². The zero-order valence-corrected chi connectivity index (χ0v) is 14.9. The minimum absolute atomic E-state index is 0.125. The van der Waals surface area contributed by atoms with Gasteiger partial charge in [-0.05, 0) is 30.7 Å². The van der Waals surface area contributed by atoms with Crippen molar-refractivity contribution in [3.05, 3.63) is 60.2 Å². The molecule has 2 rings (SSSR count). The molecule has 2 heteroatoms. The highest BCUT2D eigenvalue weighted by atomic mass is 32.2. The Morgan fingerprint density at radius 1 is 0.913 bits per heavy atom. The molecule has 0 aliphatic carbocycles. The number of unbranched alkanes of at least 4 members (excludes halogenated alkanes) is 3. The first-order valence-corrected chi connectivity index (χ1v) is 9.39. The molecule has 0 saturated carbocycles. The van der Waals surface area contributed by atoms with Crippen LogP contribution in [0.15, 0.2) is 64.4 Å². The van der Waals surface area contributed by atoms with Crippen LogP contribution in [0.1, 0.15) is 56.3 Å². The Morgan fingerprint density at radius 3 is 2.22 bits per heavy atom.